The Balaban J connectivity index is 2.93. The zero-order chi connectivity index (χ0) is 14.6. The van der Waals surface area contributed by atoms with Crippen LogP contribution in [0.25, 0.3) is 0 Å². The lowest BCUT2D eigenvalue weighted by atomic mass is 10.1. The Kier molecular flexibility index (Phi) is 4.74. The summed E-state index contributed by atoms with van der Waals surface area (Å²) in [5.41, 5.74) is 11.4. The van der Waals surface area contributed by atoms with Crippen LogP contribution in [0.4, 0.5) is 5.69 Å². The molecule has 19 heavy (non-hydrogen) atoms. The first-order chi connectivity index (χ1) is 8.82. The van der Waals surface area contributed by atoms with Gasteiger partial charge in [-0.1, -0.05) is 6.07 Å². The molecule has 0 fully saturated rings. The molecular formula is C13H19N3O3. The van der Waals surface area contributed by atoms with Crippen molar-refractivity contribution in [1.82, 2.24) is 5.32 Å². The maximum absolute atomic E-state index is 11.8. The first kappa shape index (κ1) is 14.8. The van der Waals surface area contributed by atoms with Crippen LogP contribution in [0.3, 0.4) is 0 Å². The number of carbonyl (C=O) groups excluding carboxylic acids is 2. The molecule has 0 aromatic heterocycles. The number of nitrogens with one attached hydrogen (secondary N) is 1. The number of hydrogen-bond acceptors (Lipinski definition) is 4. The standard InChI is InChI=1S/C13H19N3O3/c1-7(2)16-13(18)8(3)19-11-9(12(15)17)5-4-6-10(11)14/h4-8H,14H2,1-3H3,(H2,15,17)(H,16,18). The molecule has 0 saturated heterocycles. The lowest BCUT2D eigenvalue weighted by Gasteiger charge is -2.18. The number of hydrogen-bond donors (Lipinski definition) is 3. The molecule has 0 saturated carbocycles. The molecule has 0 aliphatic carbocycles. The third-order valence-corrected chi connectivity index (χ3v) is 2.41. The molecule has 0 aliphatic rings. The molecule has 1 aromatic carbocycles. The first-order valence-electron chi connectivity index (χ1n) is 5.98. The Hall–Kier alpha value is -2.24. The van der Waals surface area contributed by atoms with E-state index < -0.39 is 12.0 Å². The number of rotatable bonds is 5. The first-order valence-corrected chi connectivity index (χ1v) is 5.98. The normalized spacial score (nSPS) is 12.0. The van der Waals surface area contributed by atoms with E-state index in [0.29, 0.717) is 0 Å². The van der Waals surface area contributed by atoms with Gasteiger partial charge in [-0.05, 0) is 32.9 Å². The number of primary amides is 1. The lowest BCUT2D eigenvalue weighted by molar-refractivity contribution is -0.127. The summed E-state index contributed by atoms with van der Waals surface area (Å²) in [6.45, 7) is 5.27. The maximum atomic E-state index is 11.8. The number of amides is 2. The summed E-state index contributed by atoms with van der Waals surface area (Å²) in [6.07, 6.45) is -0.773. The molecule has 0 bridgehead atoms. The molecule has 0 radical (unpaired) electrons. The van der Waals surface area contributed by atoms with Crippen LogP contribution in [0.2, 0.25) is 0 Å². The van der Waals surface area contributed by atoms with Crippen LogP contribution in [-0.2, 0) is 4.79 Å². The highest BCUT2D eigenvalue weighted by Crippen LogP contribution is 2.27. The highest BCUT2D eigenvalue weighted by Gasteiger charge is 2.20. The van der Waals surface area contributed by atoms with Gasteiger partial charge >= 0.3 is 0 Å². The van der Waals surface area contributed by atoms with Gasteiger partial charge in [-0.15, -0.1) is 0 Å². The number of para-hydroxylation sites is 1. The second-order valence-electron chi connectivity index (χ2n) is 4.51. The topological polar surface area (TPSA) is 107 Å². The maximum Gasteiger partial charge on any atom is 0.260 e. The summed E-state index contributed by atoms with van der Waals surface area (Å²) >= 11 is 0. The van der Waals surface area contributed by atoms with Gasteiger partial charge in [0.05, 0.1) is 11.3 Å². The number of benzene rings is 1. The smallest absolute Gasteiger partial charge is 0.260 e. The molecule has 2 amide bonds. The Bertz CT molecular complexity index is 486. The molecular weight excluding hydrogens is 246 g/mol. The predicted molar refractivity (Wildman–Crippen MR) is 72.7 cm³/mol. The van der Waals surface area contributed by atoms with Crippen molar-refractivity contribution in [1.29, 1.82) is 0 Å². The summed E-state index contributed by atoms with van der Waals surface area (Å²) in [5.74, 6) is -0.797. The Morgan fingerprint density at radius 1 is 1.26 bits per heavy atom. The summed E-state index contributed by atoms with van der Waals surface area (Å²) < 4.78 is 5.46. The summed E-state index contributed by atoms with van der Waals surface area (Å²) in [6, 6.07) is 4.68. The number of ether oxygens (including phenoxy) is 1. The van der Waals surface area contributed by atoms with Gasteiger partial charge in [0.2, 0.25) is 0 Å². The van der Waals surface area contributed by atoms with Crippen LogP contribution in [0, 0.1) is 0 Å². The van der Waals surface area contributed by atoms with E-state index in [9.17, 15) is 9.59 Å². The quantitative estimate of drug-likeness (QED) is 0.679. The van der Waals surface area contributed by atoms with Gasteiger partial charge < -0.3 is 21.5 Å². The fourth-order valence-corrected chi connectivity index (χ4v) is 1.51. The predicted octanol–water partition coefficient (Wildman–Crippen LogP) is 0.660. The van der Waals surface area contributed by atoms with Crippen molar-refractivity contribution in [2.45, 2.75) is 32.9 Å². The molecule has 1 rings (SSSR count). The van der Waals surface area contributed by atoms with Crippen LogP contribution in [-0.4, -0.2) is 24.0 Å². The Morgan fingerprint density at radius 3 is 2.42 bits per heavy atom. The van der Waals surface area contributed by atoms with Crippen LogP contribution in [0.1, 0.15) is 31.1 Å². The van der Waals surface area contributed by atoms with Crippen molar-refractivity contribution in [3.8, 4) is 5.75 Å². The van der Waals surface area contributed by atoms with Gasteiger partial charge in [0.25, 0.3) is 11.8 Å². The van der Waals surface area contributed by atoms with Crippen molar-refractivity contribution >= 4 is 17.5 Å². The fraction of sp³-hybridized carbons (Fsp3) is 0.385. The van der Waals surface area contributed by atoms with Crippen LogP contribution < -0.4 is 21.5 Å². The number of carbonyl (C=O) groups is 2. The van der Waals surface area contributed by atoms with Gasteiger partial charge in [-0.2, -0.15) is 0 Å². The molecule has 5 N–H and O–H groups in total. The van der Waals surface area contributed by atoms with Gasteiger partial charge in [0.1, 0.15) is 0 Å². The second-order valence-corrected chi connectivity index (χ2v) is 4.51. The number of nitrogen functional groups attached to an aromatic ring is 1. The molecule has 0 heterocycles. The number of nitrogens with two attached hydrogens (primary N) is 2. The Morgan fingerprint density at radius 2 is 1.89 bits per heavy atom. The average Bonchev–Trinajstić information content (AvgIpc) is 2.30. The minimum absolute atomic E-state index is 0.00211. The fourth-order valence-electron chi connectivity index (χ4n) is 1.51. The van der Waals surface area contributed by atoms with Crippen molar-refractivity contribution in [2.75, 3.05) is 5.73 Å². The van der Waals surface area contributed by atoms with E-state index in [2.05, 4.69) is 5.32 Å². The molecule has 6 nitrogen and oxygen atoms in total. The van der Waals surface area contributed by atoms with E-state index in [1.807, 2.05) is 13.8 Å². The van der Waals surface area contributed by atoms with E-state index >= 15 is 0 Å². The van der Waals surface area contributed by atoms with Gasteiger partial charge in [-0.25, -0.2) is 0 Å². The summed E-state index contributed by atoms with van der Waals surface area (Å²) in [5, 5.41) is 2.71. The minimum Gasteiger partial charge on any atom is -0.478 e. The van der Waals surface area contributed by atoms with Crippen molar-refractivity contribution in [3.05, 3.63) is 23.8 Å². The van der Waals surface area contributed by atoms with Crippen LogP contribution in [0.15, 0.2) is 18.2 Å². The largest absolute Gasteiger partial charge is 0.478 e. The SMILES string of the molecule is CC(C)NC(=O)C(C)Oc1c(N)cccc1C(N)=O. The third kappa shape index (κ3) is 3.87. The number of anilines is 1. The van der Waals surface area contributed by atoms with E-state index in [1.54, 1.807) is 19.1 Å². The summed E-state index contributed by atoms with van der Waals surface area (Å²) in [7, 11) is 0. The molecule has 1 unspecified atom stereocenters. The van der Waals surface area contributed by atoms with E-state index in [-0.39, 0.29) is 28.9 Å². The highest BCUT2D eigenvalue weighted by atomic mass is 16.5. The van der Waals surface area contributed by atoms with Gasteiger partial charge in [0.15, 0.2) is 11.9 Å². The monoisotopic (exact) mass is 265 g/mol. The lowest BCUT2D eigenvalue weighted by Crippen LogP contribution is -2.40. The molecule has 104 valence electrons. The van der Waals surface area contributed by atoms with Crippen LogP contribution >= 0.6 is 0 Å². The molecule has 0 spiro atoms. The average molecular weight is 265 g/mol. The van der Waals surface area contributed by atoms with Gasteiger partial charge in [-0.3, -0.25) is 9.59 Å². The Labute approximate surface area is 112 Å². The highest BCUT2D eigenvalue weighted by molar-refractivity contribution is 5.97. The molecule has 1 atom stereocenters. The van der Waals surface area contributed by atoms with Crippen molar-refractivity contribution < 1.29 is 14.3 Å². The zero-order valence-electron chi connectivity index (χ0n) is 11.3. The van der Waals surface area contributed by atoms with Crippen LogP contribution in [0.5, 0.6) is 5.75 Å². The zero-order valence-corrected chi connectivity index (χ0v) is 11.3. The molecule has 6 heteroatoms. The van der Waals surface area contributed by atoms with Crippen molar-refractivity contribution in [3.63, 3.8) is 0 Å². The minimum atomic E-state index is -0.773. The van der Waals surface area contributed by atoms with Gasteiger partial charge in [0, 0.05) is 6.04 Å². The second kappa shape index (κ2) is 6.08. The van der Waals surface area contributed by atoms with Crippen molar-refractivity contribution in [2.24, 2.45) is 5.73 Å². The molecule has 0 aliphatic heterocycles. The van der Waals surface area contributed by atoms with E-state index in [0.717, 1.165) is 0 Å². The van der Waals surface area contributed by atoms with E-state index in [4.69, 9.17) is 16.2 Å². The van der Waals surface area contributed by atoms with E-state index in [1.165, 1.54) is 6.07 Å². The molecule has 1 aromatic rings. The third-order valence-electron chi connectivity index (χ3n) is 2.41. The summed E-state index contributed by atoms with van der Waals surface area (Å²) in [4.78, 5) is 23.0.